The lowest BCUT2D eigenvalue weighted by atomic mass is 9.99. The van der Waals surface area contributed by atoms with Crippen molar-refractivity contribution in [2.75, 3.05) is 12.3 Å². The minimum absolute atomic E-state index is 0. The Kier molecular flexibility index (Phi) is 4.81. The quantitative estimate of drug-likeness (QED) is 0.925. The maximum absolute atomic E-state index is 12.3. The molecule has 0 saturated heterocycles. The van der Waals surface area contributed by atoms with E-state index in [0.29, 0.717) is 18.7 Å². The molecule has 0 fully saturated rings. The minimum Gasteiger partial charge on any atom is -0.397 e. The van der Waals surface area contributed by atoms with E-state index in [0.717, 1.165) is 18.7 Å². The van der Waals surface area contributed by atoms with Crippen LogP contribution in [0.5, 0.6) is 0 Å². The Hall–Kier alpha value is -2.07. The fourth-order valence-corrected chi connectivity index (χ4v) is 2.52. The van der Waals surface area contributed by atoms with Gasteiger partial charge in [-0.15, -0.1) is 12.4 Å². The Balaban J connectivity index is 0.00000161. The van der Waals surface area contributed by atoms with Crippen LogP contribution in [-0.2, 0) is 24.2 Å². The molecule has 2 N–H and O–H groups in total. The molecule has 1 amide bonds. The van der Waals surface area contributed by atoms with E-state index in [2.05, 4.69) is 23.2 Å². The van der Waals surface area contributed by atoms with E-state index in [1.165, 1.54) is 11.1 Å². The third-order valence-electron chi connectivity index (χ3n) is 3.66. The third kappa shape index (κ3) is 3.52. The molecule has 4 nitrogen and oxygen atoms in total. The lowest BCUT2D eigenvalue weighted by Crippen LogP contribution is -2.37. The number of halogens is 1. The first kappa shape index (κ1) is 15.3. The van der Waals surface area contributed by atoms with E-state index in [9.17, 15) is 4.79 Å². The van der Waals surface area contributed by atoms with Gasteiger partial charge in [-0.1, -0.05) is 24.3 Å². The molecule has 1 aliphatic heterocycles. The van der Waals surface area contributed by atoms with Gasteiger partial charge in [-0.3, -0.25) is 9.78 Å². The van der Waals surface area contributed by atoms with Gasteiger partial charge >= 0.3 is 0 Å². The number of amides is 1. The summed E-state index contributed by atoms with van der Waals surface area (Å²) in [6.45, 7) is 1.48. The highest BCUT2D eigenvalue weighted by atomic mass is 35.5. The summed E-state index contributed by atoms with van der Waals surface area (Å²) in [7, 11) is 0. The summed E-state index contributed by atoms with van der Waals surface area (Å²) in [4.78, 5) is 18.4. The predicted octanol–water partition coefficient (Wildman–Crippen LogP) is 2.21. The Morgan fingerprint density at radius 3 is 2.67 bits per heavy atom. The molecular formula is C16H18ClN3O. The van der Waals surface area contributed by atoms with Crippen molar-refractivity contribution in [3.63, 3.8) is 0 Å². The molecule has 1 aromatic carbocycles. The van der Waals surface area contributed by atoms with E-state index in [1.54, 1.807) is 12.3 Å². The Morgan fingerprint density at radius 2 is 1.95 bits per heavy atom. The van der Waals surface area contributed by atoms with Gasteiger partial charge in [-0.05, 0) is 29.7 Å². The van der Waals surface area contributed by atoms with E-state index >= 15 is 0 Å². The summed E-state index contributed by atoms with van der Waals surface area (Å²) in [6, 6.07) is 11.9. The monoisotopic (exact) mass is 303 g/mol. The van der Waals surface area contributed by atoms with Crippen molar-refractivity contribution in [3.8, 4) is 0 Å². The Labute approximate surface area is 130 Å². The van der Waals surface area contributed by atoms with Crippen LogP contribution >= 0.6 is 12.4 Å². The molecule has 0 unspecified atom stereocenters. The topological polar surface area (TPSA) is 59.2 Å². The molecule has 5 heteroatoms. The lowest BCUT2D eigenvalue weighted by molar-refractivity contribution is -0.131. The van der Waals surface area contributed by atoms with Gasteiger partial charge in [0.25, 0.3) is 0 Å². The molecule has 2 heterocycles. The van der Waals surface area contributed by atoms with E-state index < -0.39 is 0 Å². The largest absolute Gasteiger partial charge is 0.397 e. The average Bonchev–Trinajstić information content (AvgIpc) is 2.49. The summed E-state index contributed by atoms with van der Waals surface area (Å²) in [5.41, 5.74) is 9.58. The lowest BCUT2D eigenvalue weighted by Gasteiger charge is -2.28. The fraction of sp³-hybridized carbons (Fsp3) is 0.250. The highest BCUT2D eigenvalue weighted by molar-refractivity contribution is 5.85. The van der Waals surface area contributed by atoms with Gasteiger partial charge < -0.3 is 10.6 Å². The number of hydrogen-bond donors (Lipinski definition) is 1. The van der Waals surface area contributed by atoms with E-state index in [1.807, 2.05) is 17.0 Å². The zero-order valence-corrected chi connectivity index (χ0v) is 12.5. The predicted molar refractivity (Wildman–Crippen MR) is 85.2 cm³/mol. The van der Waals surface area contributed by atoms with Gasteiger partial charge in [0.2, 0.25) is 5.91 Å². The van der Waals surface area contributed by atoms with Gasteiger partial charge in [0, 0.05) is 18.8 Å². The van der Waals surface area contributed by atoms with Crippen molar-refractivity contribution >= 4 is 24.0 Å². The first-order valence-corrected chi connectivity index (χ1v) is 6.77. The Bertz CT molecular complexity index is 628. The molecule has 0 spiro atoms. The molecule has 0 aliphatic carbocycles. The van der Waals surface area contributed by atoms with Crippen molar-refractivity contribution in [3.05, 3.63) is 59.4 Å². The molecule has 0 atom stereocenters. The zero-order chi connectivity index (χ0) is 13.9. The summed E-state index contributed by atoms with van der Waals surface area (Å²) in [5.74, 6) is 0.122. The number of benzene rings is 1. The highest BCUT2D eigenvalue weighted by Gasteiger charge is 2.20. The number of nitrogens with two attached hydrogens (primary N) is 1. The molecule has 1 aromatic heterocycles. The maximum atomic E-state index is 12.3. The van der Waals surface area contributed by atoms with Crippen LogP contribution in [0.25, 0.3) is 0 Å². The number of carbonyl (C=O) groups excluding carboxylic acids is 1. The van der Waals surface area contributed by atoms with Crippen molar-refractivity contribution in [2.45, 2.75) is 19.4 Å². The summed E-state index contributed by atoms with van der Waals surface area (Å²) in [5, 5.41) is 0. The number of hydrogen-bond acceptors (Lipinski definition) is 3. The van der Waals surface area contributed by atoms with Crippen LogP contribution in [0.15, 0.2) is 42.6 Å². The van der Waals surface area contributed by atoms with Crippen LogP contribution in [0.2, 0.25) is 0 Å². The normalized spacial score (nSPS) is 13.2. The van der Waals surface area contributed by atoms with Crippen molar-refractivity contribution in [1.29, 1.82) is 0 Å². The number of pyridine rings is 1. The molecule has 0 bridgehead atoms. The maximum Gasteiger partial charge on any atom is 0.228 e. The SMILES string of the molecule is Cl.Nc1ccc(CC(=O)N2CCc3ccccc3C2)nc1. The van der Waals surface area contributed by atoms with Crippen molar-refractivity contribution in [1.82, 2.24) is 9.88 Å². The molecule has 1 aliphatic rings. The first-order chi connectivity index (χ1) is 9.72. The van der Waals surface area contributed by atoms with Crippen LogP contribution < -0.4 is 5.73 Å². The van der Waals surface area contributed by atoms with Gasteiger partial charge in [-0.25, -0.2) is 0 Å². The second-order valence-corrected chi connectivity index (χ2v) is 5.09. The van der Waals surface area contributed by atoms with Crippen LogP contribution in [0.4, 0.5) is 5.69 Å². The highest BCUT2D eigenvalue weighted by Crippen LogP contribution is 2.19. The van der Waals surface area contributed by atoms with Crippen molar-refractivity contribution in [2.24, 2.45) is 0 Å². The van der Waals surface area contributed by atoms with Crippen LogP contribution in [-0.4, -0.2) is 22.3 Å². The van der Waals surface area contributed by atoms with E-state index in [4.69, 9.17) is 5.73 Å². The summed E-state index contributed by atoms with van der Waals surface area (Å²) < 4.78 is 0. The minimum atomic E-state index is 0. The second kappa shape index (κ2) is 6.59. The number of carbonyl (C=O) groups is 1. The van der Waals surface area contributed by atoms with Crippen molar-refractivity contribution < 1.29 is 4.79 Å². The van der Waals surface area contributed by atoms with Crippen LogP contribution in [0.3, 0.4) is 0 Å². The molecular weight excluding hydrogens is 286 g/mol. The van der Waals surface area contributed by atoms with E-state index in [-0.39, 0.29) is 18.3 Å². The number of nitrogens with zero attached hydrogens (tertiary/aromatic N) is 2. The standard InChI is InChI=1S/C16H17N3O.ClH/c17-14-5-6-15(18-10-14)9-16(20)19-8-7-12-3-1-2-4-13(12)11-19;/h1-6,10H,7-9,11,17H2;1H. The molecule has 3 rings (SSSR count). The summed E-state index contributed by atoms with van der Waals surface area (Å²) in [6.07, 6.45) is 2.85. The second-order valence-electron chi connectivity index (χ2n) is 5.09. The number of rotatable bonds is 2. The molecule has 110 valence electrons. The number of fused-ring (bicyclic) bond motifs is 1. The van der Waals surface area contributed by atoms with Gasteiger partial charge in [0.05, 0.1) is 18.3 Å². The zero-order valence-electron chi connectivity index (χ0n) is 11.7. The van der Waals surface area contributed by atoms with Crippen LogP contribution in [0, 0.1) is 0 Å². The number of aromatic nitrogens is 1. The van der Waals surface area contributed by atoms with Gasteiger partial charge in [0.15, 0.2) is 0 Å². The third-order valence-corrected chi connectivity index (χ3v) is 3.66. The van der Waals surface area contributed by atoms with Crippen LogP contribution in [0.1, 0.15) is 16.8 Å². The van der Waals surface area contributed by atoms with Gasteiger partial charge in [0.1, 0.15) is 0 Å². The average molecular weight is 304 g/mol. The first-order valence-electron chi connectivity index (χ1n) is 6.77. The van der Waals surface area contributed by atoms with Gasteiger partial charge in [-0.2, -0.15) is 0 Å². The molecule has 21 heavy (non-hydrogen) atoms. The summed E-state index contributed by atoms with van der Waals surface area (Å²) >= 11 is 0. The molecule has 2 aromatic rings. The number of anilines is 1. The molecule has 0 saturated carbocycles. The Morgan fingerprint density at radius 1 is 1.19 bits per heavy atom. The number of nitrogen functional groups attached to an aromatic ring is 1. The smallest absolute Gasteiger partial charge is 0.228 e. The molecule has 0 radical (unpaired) electrons. The fourth-order valence-electron chi connectivity index (χ4n) is 2.52.